The number of rotatable bonds is 9. The van der Waals surface area contributed by atoms with Crippen LogP contribution in [-0.4, -0.2) is 34.9 Å². The Kier molecular flexibility index (Phi) is 8.47. The Balaban J connectivity index is 4.21. The van der Waals surface area contributed by atoms with E-state index in [0.29, 0.717) is 19.8 Å². The lowest BCUT2D eigenvalue weighted by molar-refractivity contribution is -0.323. The molecule has 0 saturated carbocycles. The van der Waals surface area contributed by atoms with E-state index < -0.39 is 15.1 Å². The maximum absolute atomic E-state index is 5.63. The highest BCUT2D eigenvalue weighted by atomic mass is 28.2. The van der Waals surface area contributed by atoms with E-state index in [9.17, 15) is 0 Å². The van der Waals surface area contributed by atoms with Crippen molar-refractivity contribution < 1.29 is 14.2 Å². The largest absolute Gasteiger partial charge is 0.332 e. The van der Waals surface area contributed by atoms with E-state index in [0.717, 1.165) is 0 Å². The molecule has 0 heterocycles. The topological polar surface area (TPSA) is 27.7 Å². The van der Waals surface area contributed by atoms with E-state index >= 15 is 0 Å². The van der Waals surface area contributed by atoms with Crippen molar-refractivity contribution in [2.45, 2.75) is 45.8 Å². The molecule has 0 atom stereocenters. The molecule has 0 spiro atoms. The van der Waals surface area contributed by atoms with Crippen molar-refractivity contribution in [3.63, 3.8) is 0 Å². The molecular formula is C10H24O3Si. The van der Waals surface area contributed by atoms with E-state index in [2.05, 4.69) is 6.92 Å². The molecule has 3 nitrogen and oxygen atoms in total. The third-order valence-corrected chi connectivity index (χ3v) is 4.21. The second-order valence-corrected chi connectivity index (χ2v) is 5.16. The van der Waals surface area contributed by atoms with Crippen LogP contribution in [0.1, 0.15) is 34.1 Å². The van der Waals surface area contributed by atoms with Gasteiger partial charge in [0.1, 0.15) is 9.52 Å². The van der Waals surface area contributed by atoms with Crippen LogP contribution in [0.5, 0.6) is 0 Å². The van der Waals surface area contributed by atoms with Gasteiger partial charge in [0.25, 0.3) is 0 Å². The van der Waals surface area contributed by atoms with Crippen molar-refractivity contribution >= 4 is 9.52 Å². The van der Waals surface area contributed by atoms with Crippen molar-refractivity contribution in [2.75, 3.05) is 19.8 Å². The first kappa shape index (κ1) is 14.1. The summed E-state index contributed by atoms with van der Waals surface area (Å²) in [7, 11) is -0.481. The summed E-state index contributed by atoms with van der Waals surface area (Å²) in [6.07, 6.45) is 1.18. The summed E-state index contributed by atoms with van der Waals surface area (Å²) in [5.74, 6) is 0. The molecule has 14 heavy (non-hydrogen) atoms. The van der Waals surface area contributed by atoms with Gasteiger partial charge in [0.2, 0.25) is 5.60 Å². The predicted molar refractivity (Wildman–Crippen MR) is 61.3 cm³/mol. The monoisotopic (exact) mass is 220 g/mol. The molecule has 0 radical (unpaired) electrons. The molecule has 0 aliphatic heterocycles. The second-order valence-electron chi connectivity index (χ2n) is 3.09. The summed E-state index contributed by atoms with van der Waals surface area (Å²) in [5, 5.41) is 0. The third-order valence-electron chi connectivity index (χ3n) is 1.93. The fourth-order valence-electron chi connectivity index (χ4n) is 1.39. The quantitative estimate of drug-likeness (QED) is 0.437. The van der Waals surface area contributed by atoms with Crippen LogP contribution in [-0.2, 0) is 14.2 Å². The first-order chi connectivity index (χ1) is 6.74. The molecule has 0 fully saturated rings. The van der Waals surface area contributed by atoms with Crippen molar-refractivity contribution in [3.8, 4) is 0 Å². The van der Waals surface area contributed by atoms with Crippen LogP contribution in [0.15, 0.2) is 0 Å². The van der Waals surface area contributed by atoms with Gasteiger partial charge in [-0.3, -0.25) is 0 Å². The van der Waals surface area contributed by atoms with Crippen LogP contribution in [0.2, 0.25) is 6.04 Å². The first-order valence-electron chi connectivity index (χ1n) is 5.66. The molecule has 0 aromatic heterocycles. The van der Waals surface area contributed by atoms with E-state index in [4.69, 9.17) is 14.2 Å². The van der Waals surface area contributed by atoms with E-state index in [1.165, 1.54) is 12.5 Å². The molecule has 0 unspecified atom stereocenters. The lowest BCUT2D eigenvalue weighted by Crippen LogP contribution is -2.45. The molecule has 0 N–H and O–H groups in total. The Morgan fingerprint density at radius 2 is 1.29 bits per heavy atom. The average molecular weight is 220 g/mol. The Bertz CT molecular complexity index is 114. The fourth-order valence-corrected chi connectivity index (χ4v) is 3.23. The van der Waals surface area contributed by atoms with Crippen LogP contribution in [0.3, 0.4) is 0 Å². The molecule has 0 aliphatic carbocycles. The number of ether oxygens (including phenoxy) is 3. The maximum atomic E-state index is 5.63. The maximum Gasteiger partial charge on any atom is 0.249 e. The van der Waals surface area contributed by atoms with Crippen LogP contribution >= 0.6 is 0 Å². The van der Waals surface area contributed by atoms with Crippen LogP contribution in [0.25, 0.3) is 0 Å². The van der Waals surface area contributed by atoms with E-state index in [1.54, 1.807) is 0 Å². The highest BCUT2D eigenvalue weighted by Crippen LogP contribution is 2.16. The minimum atomic E-state index is -0.658. The van der Waals surface area contributed by atoms with Crippen LogP contribution in [0.4, 0.5) is 0 Å². The van der Waals surface area contributed by atoms with Gasteiger partial charge >= 0.3 is 0 Å². The van der Waals surface area contributed by atoms with Gasteiger partial charge in [-0.2, -0.15) is 0 Å². The Labute approximate surface area is 89.9 Å². The summed E-state index contributed by atoms with van der Waals surface area (Å²) >= 11 is 0. The van der Waals surface area contributed by atoms with Gasteiger partial charge < -0.3 is 14.2 Å². The van der Waals surface area contributed by atoms with Gasteiger partial charge in [-0.15, -0.1) is 0 Å². The molecule has 0 rings (SSSR count). The highest BCUT2D eigenvalue weighted by Gasteiger charge is 2.31. The SMILES string of the molecule is CCC[SiH2]C(OCC)(OCC)OCC. The smallest absolute Gasteiger partial charge is 0.249 e. The summed E-state index contributed by atoms with van der Waals surface area (Å²) in [6, 6.07) is 1.19. The van der Waals surface area contributed by atoms with Gasteiger partial charge in [-0.05, 0) is 20.8 Å². The molecule has 0 aromatic rings. The van der Waals surface area contributed by atoms with E-state index in [1.807, 2.05) is 20.8 Å². The molecule has 86 valence electrons. The lowest BCUT2D eigenvalue weighted by atomic mass is 10.6. The number of hydrogen-bond acceptors (Lipinski definition) is 3. The molecule has 0 aromatic carbocycles. The Hall–Kier alpha value is 0.0969. The minimum Gasteiger partial charge on any atom is -0.332 e. The molecular weight excluding hydrogens is 196 g/mol. The molecule has 4 heteroatoms. The van der Waals surface area contributed by atoms with Crippen molar-refractivity contribution in [1.29, 1.82) is 0 Å². The van der Waals surface area contributed by atoms with Crippen molar-refractivity contribution in [2.24, 2.45) is 0 Å². The summed E-state index contributed by atoms with van der Waals surface area (Å²) in [5.41, 5.74) is -0.658. The lowest BCUT2D eigenvalue weighted by Gasteiger charge is -2.32. The van der Waals surface area contributed by atoms with Crippen LogP contribution in [0, 0.1) is 0 Å². The van der Waals surface area contributed by atoms with Gasteiger partial charge in [0.15, 0.2) is 0 Å². The van der Waals surface area contributed by atoms with Crippen molar-refractivity contribution in [3.05, 3.63) is 0 Å². The zero-order chi connectivity index (χ0) is 10.9. The first-order valence-corrected chi connectivity index (χ1v) is 7.37. The molecule has 0 bridgehead atoms. The second kappa shape index (κ2) is 8.41. The average Bonchev–Trinajstić information content (AvgIpc) is 2.16. The minimum absolute atomic E-state index is 0.481. The van der Waals surface area contributed by atoms with Gasteiger partial charge in [-0.1, -0.05) is 19.4 Å². The summed E-state index contributed by atoms with van der Waals surface area (Å²) < 4.78 is 16.9. The molecule has 0 aliphatic rings. The zero-order valence-corrected chi connectivity index (χ0v) is 11.4. The van der Waals surface area contributed by atoms with Crippen LogP contribution < -0.4 is 0 Å². The van der Waals surface area contributed by atoms with E-state index in [-0.39, 0.29) is 0 Å². The molecule has 0 amide bonds. The highest BCUT2D eigenvalue weighted by molar-refractivity contribution is 6.38. The summed E-state index contributed by atoms with van der Waals surface area (Å²) in [4.78, 5) is 0. The fraction of sp³-hybridized carbons (Fsp3) is 1.00. The Morgan fingerprint density at radius 3 is 1.57 bits per heavy atom. The number of hydrogen-bond donors (Lipinski definition) is 0. The molecule has 0 saturated heterocycles. The normalized spacial score (nSPS) is 12.9. The zero-order valence-electron chi connectivity index (χ0n) is 9.97. The van der Waals surface area contributed by atoms with Crippen molar-refractivity contribution in [1.82, 2.24) is 0 Å². The Morgan fingerprint density at radius 1 is 0.857 bits per heavy atom. The van der Waals surface area contributed by atoms with Gasteiger partial charge in [0, 0.05) is 19.8 Å². The predicted octanol–water partition coefficient (Wildman–Crippen LogP) is 1.70. The standard InChI is InChI=1S/C10H24O3Si/c1-5-9-14-10(11-6-2,12-7-3)13-8-4/h5-9,14H2,1-4H3. The third kappa shape index (κ3) is 5.10. The summed E-state index contributed by atoms with van der Waals surface area (Å²) in [6.45, 7) is 10.1. The van der Waals surface area contributed by atoms with Gasteiger partial charge in [-0.25, -0.2) is 0 Å². The van der Waals surface area contributed by atoms with Gasteiger partial charge in [0.05, 0.1) is 0 Å².